The number of thioether (sulfide) groups is 1. The Morgan fingerprint density at radius 1 is 1.38 bits per heavy atom. The van der Waals surface area contributed by atoms with Crippen LogP contribution in [0.3, 0.4) is 0 Å². The highest BCUT2D eigenvalue weighted by molar-refractivity contribution is 8.02. The van der Waals surface area contributed by atoms with Crippen molar-refractivity contribution in [3.05, 3.63) is 25.3 Å². The second-order valence-corrected chi connectivity index (χ2v) is 10.5. The molecular formula is C24H36N2O5S. The Labute approximate surface area is 195 Å². The van der Waals surface area contributed by atoms with E-state index in [1.807, 2.05) is 6.92 Å². The van der Waals surface area contributed by atoms with Gasteiger partial charge in [-0.3, -0.25) is 14.4 Å². The minimum absolute atomic E-state index is 0.0311. The number of aliphatic hydroxyl groups excluding tert-OH is 1. The molecule has 3 fully saturated rings. The summed E-state index contributed by atoms with van der Waals surface area (Å²) in [6.07, 6.45) is 7.04. The van der Waals surface area contributed by atoms with Crippen molar-refractivity contribution in [3.8, 4) is 0 Å². The van der Waals surface area contributed by atoms with E-state index < -0.39 is 28.7 Å². The topological polar surface area (TPSA) is 87.2 Å². The largest absolute Gasteiger partial charge is 0.461 e. The molecule has 3 aliphatic heterocycles. The third-order valence-electron chi connectivity index (χ3n) is 7.11. The van der Waals surface area contributed by atoms with E-state index in [1.54, 1.807) is 27.6 Å². The number of nitrogens with zero attached hydrogens (tertiary/aromatic N) is 2. The van der Waals surface area contributed by atoms with Gasteiger partial charge in [0.15, 0.2) is 0 Å². The normalized spacial score (nSPS) is 31.3. The van der Waals surface area contributed by atoms with Gasteiger partial charge < -0.3 is 19.6 Å². The highest BCUT2D eigenvalue weighted by Gasteiger charge is 2.74. The SMILES string of the molecule is C=CCOC(=O)[C@@H]1[C@@H]2CCC3(S2)C(C(=O)N(CC=C)CCCC)N([C@@H](CC)CO)C(=O)[C@H]13. The molecule has 0 saturated carbocycles. The fourth-order valence-electron chi connectivity index (χ4n) is 5.65. The maximum Gasteiger partial charge on any atom is 0.311 e. The van der Waals surface area contributed by atoms with Crippen LogP contribution in [-0.2, 0) is 19.1 Å². The standard InChI is InChI=1S/C24H36N2O5S/c1-5-9-13-25(12-6-2)22(29)20-24-11-10-17(32-24)18(23(30)31-14-7-3)19(24)21(28)26(20)16(8-4)15-27/h6-7,16-20,27H,2-3,5,8-15H2,1,4H3/t16-,17-,18+,19-,20?,24?/m0/s1. The molecule has 0 aromatic rings. The van der Waals surface area contributed by atoms with Gasteiger partial charge in [-0.1, -0.05) is 39.0 Å². The summed E-state index contributed by atoms with van der Waals surface area (Å²) < 4.78 is 4.70. The summed E-state index contributed by atoms with van der Waals surface area (Å²) >= 11 is 1.62. The van der Waals surface area contributed by atoms with E-state index in [0.717, 1.165) is 19.3 Å². The van der Waals surface area contributed by atoms with Gasteiger partial charge in [0.05, 0.1) is 29.2 Å². The third kappa shape index (κ3) is 4.00. The molecule has 1 N–H and O–H groups in total. The number of rotatable bonds is 12. The summed E-state index contributed by atoms with van der Waals surface area (Å²) in [6, 6.07) is -1.15. The Morgan fingerprint density at radius 2 is 2.12 bits per heavy atom. The van der Waals surface area contributed by atoms with Crippen molar-refractivity contribution in [3.63, 3.8) is 0 Å². The van der Waals surface area contributed by atoms with Crippen LogP contribution in [0.5, 0.6) is 0 Å². The zero-order chi connectivity index (χ0) is 23.5. The fourth-order valence-corrected chi connectivity index (χ4v) is 7.84. The average Bonchev–Trinajstić information content (AvgIpc) is 3.43. The van der Waals surface area contributed by atoms with Gasteiger partial charge >= 0.3 is 5.97 Å². The molecule has 178 valence electrons. The quantitative estimate of drug-likeness (QED) is 0.353. The maximum absolute atomic E-state index is 14.0. The number of carbonyl (C=O) groups is 3. The molecule has 0 aromatic carbocycles. The number of esters is 1. The maximum atomic E-state index is 14.0. The van der Waals surface area contributed by atoms with Crippen LogP contribution in [0, 0.1) is 11.8 Å². The fraction of sp³-hybridized carbons (Fsp3) is 0.708. The van der Waals surface area contributed by atoms with Crippen LogP contribution >= 0.6 is 11.8 Å². The van der Waals surface area contributed by atoms with Gasteiger partial charge in [0.1, 0.15) is 12.6 Å². The molecule has 0 aromatic heterocycles. The second kappa shape index (κ2) is 10.4. The van der Waals surface area contributed by atoms with Crippen molar-refractivity contribution in [1.82, 2.24) is 9.80 Å². The predicted octanol–water partition coefficient (Wildman–Crippen LogP) is 2.39. The average molecular weight is 465 g/mol. The van der Waals surface area contributed by atoms with Gasteiger partial charge in [-0.15, -0.1) is 18.3 Å². The lowest BCUT2D eigenvalue weighted by atomic mass is 9.71. The van der Waals surface area contributed by atoms with E-state index in [0.29, 0.717) is 25.9 Å². The van der Waals surface area contributed by atoms with Gasteiger partial charge in [0, 0.05) is 18.3 Å². The Bertz CT molecular complexity index is 755. The Kier molecular flexibility index (Phi) is 8.09. The smallest absolute Gasteiger partial charge is 0.311 e. The van der Waals surface area contributed by atoms with Crippen molar-refractivity contribution >= 4 is 29.5 Å². The molecule has 2 amide bonds. The highest BCUT2D eigenvalue weighted by atomic mass is 32.2. The van der Waals surface area contributed by atoms with Crippen molar-refractivity contribution in [2.75, 3.05) is 26.3 Å². The van der Waals surface area contributed by atoms with E-state index in [9.17, 15) is 19.5 Å². The zero-order valence-electron chi connectivity index (χ0n) is 19.2. The van der Waals surface area contributed by atoms with Gasteiger partial charge in [-0.25, -0.2) is 0 Å². The molecule has 2 bridgehead atoms. The number of ether oxygens (including phenoxy) is 1. The Morgan fingerprint density at radius 3 is 2.72 bits per heavy atom. The van der Waals surface area contributed by atoms with Crippen LogP contribution in [0.2, 0.25) is 0 Å². The number of carbonyl (C=O) groups excluding carboxylic acids is 3. The Hall–Kier alpha value is -1.80. The van der Waals surface area contributed by atoms with Gasteiger partial charge in [0.2, 0.25) is 11.8 Å². The summed E-state index contributed by atoms with van der Waals surface area (Å²) in [4.78, 5) is 44.1. The van der Waals surface area contributed by atoms with Crippen LogP contribution in [-0.4, -0.2) is 81.1 Å². The van der Waals surface area contributed by atoms with Crippen molar-refractivity contribution in [1.29, 1.82) is 0 Å². The van der Waals surface area contributed by atoms with E-state index in [1.165, 1.54) is 6.08 Å². The lowest BCUT2D eigenvalue weighted by Gasteiger charge is -2.39. The molecule has 3 saturated heterocycles. The number of fused-ring (bicyclic) bond motifs is 1. The number of unbranched alkanes of at least 4 members (excludes halogenated alkanes) is 1. The summed E-state index contributed by atoms with van der Waals surface area (Å²) in [5, 5.41) is 10.0. The zero-order valence-corrected chi connectivity index (χ0v) is 20.0. The first-order valence-corrected chi connectivity index (χ1v) is 12.6. The molecule has 3 heterocycles. The minimum Gasteiger partial charge on any atom is -0.461 e. The summed E-state index contributed by atoms with van der Waals surface area (Å²) in [7, 11) is 0. The lowest BCUT2D eigenvalue weighted by molar-refractivity contribution is -0.153. The first kappa shape index (κ1) is 24.8. The van der Waals surface area contributed by atoms with E-state index >= 15 is 0 Å². The molecule has 8 heteroatoms. The summed E-state index contributed by atoms with van der Waals surface area (Å²) in [5.74, 6) is -1.86. The minimum atomic E-state index is -0.693. The van der Waals surface area contributed by atoms with E-state index in [2.05, 4.69) is 20.1 Å². The Balaban J connectivity index is 2.03. The van der Waals surface area contributed by atoms with Gasteiger partial charge in [-0.05, 0) is 25.7 Å². The van der Waals surface area contributed by atoms with Crippen molar-refractivity contribution < 1.29 is 24.2 Å². The van der Waals surface area contributed by atoms with Gasteiger partial charge in [-0.2, -0.15) is 0 Å². The highest BCUT2D eigenvalue weighted by Crippen LogP contribution is 2.67. The lowest BCUT2D eigenvalue weighted by Crippen LogP contribution is -2.57. The second-order valence-electron chi connectivity index (χ2n) is 8.89. The van der Waals surface area contributed by atoms with Crippen molar-refractivity contribution in [2.24, 2.45) is 11.8 Å². The van der Waals surface area contributed by atoms with E-state index in [4.69, 9.17) is 4.74 Å². The van der Waals surface area contributed by atoms with Gasteiger partial charge in [0.25, 0.3) is 0 Å². The van der Waals surface area contributed by atoms with Crippen molar-refractivity contribution in [2.45, 2.75) is 68.0 Å². The molecule has 0 radical (unpaired) electrons. The molecule has 3 aliphatic rings. The predicted molar refractivity (Wildman–Crippen MR) is 125 cm³/mol. The number of likely N-dealkylation sites (tertiary alicyclic amines) is 1. The molecule has 0 aliphatic carbocycles. The molecule has 3 rings (SSSR count). The molecule has 32 heavy (non-hydrogen) atoms. The van der Waals surface area contributed by atoms with Crippen LogP contribution in [0.1, 0.15) is 46.0 Å². The number of aliphatic hydroxyl groups is 1. The monoisotopic (exact) mass is 464 g/mol. The molecule has 1 spiro atoms. The summed E-state index contributed by atoms with van der Waals surface area (Å²) in [5.41, 5.74) is 0. The van der Waals surface area contributed by atoms with Crippen LogP contribution in [0.25, 0.3) is 0 Å². The molecular weight excluding hydrogens is 428 g/mol. The van der Waals surface area contributed by atoms with Crippen LogP contribution < -0.4 is 0 Å². The van der Waals surface area contributed by atoms with Crippen LogP contribution in [0.4, 0.5) is 0 Å². The number of hydrogen-bond donors (Lipinski definition) is 1. The van der Waals surface area contributed by atoms with Crippen LogP contribution in [0.15, 0.2) is 25.3 Å². The third-order valence-corrected chi connectivity index (χ3v) is 9.06. The first-order chi connectivity index (χ1) is 15.4. The molecule has 6 atom stereocenters. The first-order valence-electron chi connectivity index (χ1n) is 11.7. The molecule has 7 nitrogen and oxygen atoms in total. The summed E-state index contributed by atoms with van der Waals surface area (Å²) in [6.45, 7) is 12.3. The molecule has 2 unspecified atom stereocenters. The number of amides is 2. The van der Waals surface area contributed by atoms with E-state index in [-0.39, 0.29) is 36.2 Å². The number of hydrogen-bond acceptors (Lipinski definition) is 6.